The van der Waals surface area contributed by atoms with Gasteiger partial charge < -0.3 is 10.2 Å². The Balaban J connectivity index is 0.00000264. The van der Waals surface area contributed by atoms with Gasteiger partial charge in [0.2, 0.25) is 10.0 Å². The standard InChI is InChI=1S/C15H23N3O3S.ClH/c1-16-8-10-17(2)15(19)13-6-7-14-12(11-13)5-4-9-18(14)22(3,20)21;/h6-7,11,16H,4-5,8-10H2,1-3H3;1H. The summed E-state index contributed by atoms with van der Waals surface area (Å²) in [4.78, 5) is 14.0. The van der Waals surface area contributed by atoms with Crippen LogP contribution in [0.1, 0.15) is 22.3 Å². The average Bonchev–Trinajstić information content (AvgIpc) is 2.49. The topological polar surface area (TPSA) is 69.7 Å². The van der Waals surface area contributed by atoms with Gasteiger partial charge in [-0.3, -0.25) is 9.10 Å². The maximum atomic E-state index is 12.4. The van der Waals surface area contributed by atoms with Crippen LogP contribution < -0.4 is 9.62 Å². The molecule has 1 heterocycles. The molecule has 0 saturated carbocycles. The minimum Gasteiger partial charge on any atom is -0.340 e. The van der Waals surface area contributed by atoms with Gasteiger partial charge in [-0.1, -0.05) is 0 Å². The van der Waals surface area contributed by atoms with Crippen molar-refractivity contribution in [2.75, 3.05) is 44.3 Å². The number of aryl methyl sites for hydroxylation is 1. The third-order valence-corrected chi connectivity index (χ3v) is 5.03. The molecule has 130 valence electrons. The zero-order chi connectivity index (χ0) is 16.3. The Morgan fingerprint density at radius 2 is 2.09 bits per heavy atom. The highest BCUT2D eigenvalue weighted by Gasteiger charge is 2.25. The Bertz CT molecular complexity index is 664. The van der Waals surface area contributed by atoms with Crippen molar-refractivity contribution in [2.24, 2.45) is 0 Å². The van der Waals surface area contributed by atoms with E-state index in [1.807, 2.05) is 13.1 Å². The molecule has 0 atom stereocenters. The molecule has 1 aromatic carbocycles. The van der Waals surface area contributed by atoms with Gasteiger partial charge in [-0.2, -0.15) is 0 Å². The first-order valence-electron chi connectivity index (χ1n) is 7.35. The molecule has 6 nitrogen and oxygen atoms in total. The number of halogens is 1. The minimum absolute atomic E-state index is 0. The predicted molar refractivity (Wildman–Crippen MR) is 95.1 cm³/mol. The summed E-state index contributed by atoms with van der Waals surface area (Å²) in [7, 11) is 0.339. The van der Waals surface area contributed by atoms with Crippen molar-refractivity contribution in [1.82, 2.24) is 10.2 Å². The van der Waals surface area contributed by atoms with Gasteiger partial charge in [0.25, 0.3) is 5.91 Å². The number of carbonyl (C=O) groups is 1. The Hall–Kier alpha value is -1.31. The largest absolute Gasteiger partial charge is 0.340 e. The summed E-state index contributed by atoms with van der Waals surface area (Å²) in [5, 5.41) is 3.01. The van der Waals surface area contributed by atoms with Crippen molar-refractivity contribution in [3.8, 4) is 0 Å². The van der Waals surface area contributed by atoms with E-state index in [-0.39, 0.29) is 18.3 Å². The highest BCUT2D eigenvalue weighted by molar-refractivity contribution is 7.92. The number of carbonyl (C=O) groups excluding carboxylic acids is 1. The number of anilines is 1. The Morgan fingerprint density at radius 3 is 2.70 bits per heavy atom. The summed E-state index contributed by atoms with van der Waals surface area (Å²) < 4.78 is 25.1. The van der Waals surface area contributed by atoms with Crippen molar-refractivity contribution >= 4 is 34.0 Å². The van der Waals surface area contributed by atoms with Gasteiger partial charge in [-0.25, -0.2) is 8.42 Å². The molecular formula is C15H24ClN3O3S. The van der Waals surface area contributed by atoms with Crippen LogP contribution in [-0.2, 0) is 16.4 Å². The van der Waals surface area contributed by atoms with Crippen molar-refractivity contribution in [1.29, 1.82) is 0 Å². The van der Waals surface area contributed by atoms with Gasteiger partial charge in [-0.05, 0) is 43.7 Å². The van der Waals surface area contributed by atoms with Crippen LogP contribution in [0.5, 0.6) is 0 Å². The molecule has 0 saturated heterocycles. The lowest BCUT2D eigenvalue weighted by molar-refractivity contribution is 0.0796. The van der Waals surface area contributed by atoms with Crippen LogP contribution in [0.2, 0.25) is 0 Å². The van der Waals surface area contributed by atoms with Crippen molar-refractivity contribution in [3.63, 3.8) is 0 Å². The van der Waals surface area contributed by atoms with Crippen molar-refractivity contribution < 1.29 is 13.2 Å². The third-order valence-electron chi connectivity index (χ3n) is 3.85. The molecule has 1 aromatic rings. The molecule has 0 spiro atoms. The van der Waals surface area contributed by atoms with E-state index in [4.69, 9.17) is 0 Å². The first kappa shape index (κ1) is 19.7. The van der Waals surface area contributed by atoms with E-state index >= 15 is 0 Å². The minimum atomic E-state index is -3.27. The number of rotatable bonds is 5. The second kappa shape index (κ2) is 7.99. The van der Waals surface area contributed by atoms with Gasteiger partial charge in [0.1, 0.15) is 0 Å². The molecule has 1 aliphatic heterocycles. The molecule has 1 amide bonds. The smallest absolute Gasteiger partial charge is 0.253 e. The monoisotopic (exact) mass is 361 g/mol. The van der Waals surface area contributed by atoms with E-state index in [0.29, 0.717) is 24.3 Å². The van der Waals surface area contributed by atoms with Crippen molar-refractivity contribution in [3.05, 3.63) is 29.3 Å². The van der Waals surface area contributed by atoms with E-state index in [1.165, 1.54) is 10.6 Å². The molecule has 0 fully saturated rings. The Kier molecular flexibility index (Phi) is 6.85. The summed E-state index contributed by atoms with van der Waals surface area (Å²) in [6.45, 7) is 1.86. The molecule has 0 bridgehead atoms. The maximum Gasteiger partial charge on any atom is 0.253 e. The summed E-state index contributed by atoms with van der Waals surface area (Å²) in [5.74, 6) is -0.0467. The van der Waals surface area contributed by atoms with Gasteiger partial charge >= 0.3 is 0 Å². The molecular weight excluding hydrogens is 338 g/mol. The van der Waals surface area contributed by atoms with E-state index in [0.717, 1.165) is 24.9 Å². The zero-order valence-corrected chi connectivity index (χ0v) is 15.3. The van der Waals surface area contributed by atoms with Crippen LogP contribution in [-0.4, -0.2) is 59.2 Å². The van der Waals surface area contributed by atoms with Crippen LogP contribution in [0, 0.1) is 0 Å². The number of nitrogens with one attached hydrogen (secondary N) is 1. The Morgan fingerprint density at radius 1 is 1.39 bits per heavy atom. The number of likely N-dealkylation sites (N-methyl/N-ethyl adjacent to an activating group) is 2. The van der Waals surface area contributed by atoms with Crippen LogP contribution in [0.15, 0.2) is 18.2 Å². The van der Waals surface area contributed by atoms with Crippen LogP contribution >= 0.6 is 12.4 Å². The van der Waals surface area contributed by atoms with E-state index in [2.05, 4.69) is 5.32 Å². The van der Waals surface area contributed by atoms with Gasteiger partial charge in [-0.15, -0.1) is 12.4 Å². The highest BCUT2D eigenvalue weighted by Crippen LogP contribution is 2.30. The molecule has 8 heteroatoms. The highest BCUT2D eigenvalue weighted by atomic mass is 35.5. The van der Waals surface area contributed by atoms with Crippen LogP contribution in [0.4, 0.5) is 5.69 Å². The molecule has 0 unspecified atom stereocenters. The molecule has 0 radical (unpaired) electrons. The van der Waals surface area contributed by atoms with Crippen molar-refractivity contribution in [2.45, 2.75) is 12.8 Å². The van der Waals surface area contributed by atoms with Crippen LogP contribution in [0.25, 0.3) is 0 Å². The van der Waals surface area contributed by atoms with Gasteiger partial charge in [0.15, 0.2) is 0 Å². The second-order valence-corrected chi connectivity index (χ2v) is 7.52. The quantitative estimate of drug-likeness (QED) is 0.853. The van der Waals surface area contributed by atoms with E-state index in [1.54, 1.807) is 24.1 Å². The number of nitrogens with zero attached hydrogens (tertiary/aromatic N) is 2. The fourth-order valence-corrected chi connectivity index (χ4v) is 3.64. The predicted octanol–water partition coefficient (Wildman–Crippen LogP) is 1.11. The second-order valence-electron chi connectivity index (χ2n) is 5.61. The number of benzene rings is 1. The lowest BCUT2D eigenvalue weighted by Crippen LogP contribution is -2.35. The maximum absolute atomic E-state index is 12.4. The molecule has 0 aliphatic carbocycles. The lowest BCUT2D eigenvalue weighted by atomic mass is 10.0. The number of hydrogen-bond acceptors (Lipinski definition) is 4. The first-order valence-corrected chi connectivity index (χ1v) is 9.20. The molecule has 1 aliphatic rings. The Labute approximate surface area is 144 Å². The fourth-order valence-electron chi connectivity index (χ4n) is 2.64. The normalized spacial score (nSPS) is 14.0. The zero-order valence-electron chi connectivity index (χ0n) is 13.7. The van der Waals surface area contributed by atoms with E-state index < -0.39 is 10.0 Å². The summed E-state index contributed by atoms with van der Waals surface area (Å²) in [6.07, 6.45) is 2.78. The summed E-state index contributed by atoms with van der Waals surface area (Å²) in [6, 6.07) is 5.28. The molecule has 1 N–H and O–H groups in total. The number of amides is 1. The summed E-state index contributed by atoms with van der Waals surface area (Å²) in [5.41, 5.74) is 2.22. The van der Waals surface area contributed by atoms with Crippen LogP contribution in [0.3, 0.4) is 0 Å². The molecule has 23 heavy (non-hydrogen) atoms. The lowest BCUT2D eigenvalue weighted by Gasteiger charge is -2.29. The first-order chi connectivity index (χ1) is 10.3. The molecule has 0 aromatic heterocycles. The third kappa shape index (κ3) is 4.59. The fraction of sp³-hybridized carbons (Fsp3) is 0.533. The average molecular weight is 362 g/mol. The summed E-state index contributed by atoms with van der Waals surface area (Å²) >= 11 is 0. The SMILES string of the molecule is CNCCN(C)C(=O)c1ccc2c(c1)CCCN2S(C)(=O)=O.Cl. The molecule has 2 rings (SSSR count). The number of sulfonamides is 1. The van der Waals surface area contributed by atoms with E-state index in [9.17, 15) is 13.2 Å². The number of fused-ring (bicyclic) bond motifs is 1. The van der Waals surface area contributed by atoms with Gasteiger partial charge in [0.05, 0.1) is 11.9 Å². The van der Waals surface area contributed by atoms with Gasteiger partial charge in [0, 0.05) is 32.2 Å². The number of hydrogen-bond donors (Lipinski definition) is 1.